The third-order valence-electron chi connectivity index (χ3n) is 7.33. The summed E-state index contributed by atoms with van der Waals surface area (Å²) in [5, 5.41) is 12.4. The molecule has 8 heteroatoms. The van der Waals surface area contributed by atoms with Crippen molar-refractivity contribution in [1.82, 2.24) is 25.1 Å². The van der Waals surface area contributed by atoms with Crippen LogP contribution in [0.25, 0.3) is 55.6 Å². The topological polar surface area (TPSA) is 99.3 Å². The number of halogens is 1. The molecular formula is C30H23FN6O. The monoisotopic (exact) mass is 502 g/mol. The SMILES string of the molecule is O=C(Nc1cncc(-c2ccc3[nH]nc(-c4cc5c(-c6ccccc6F)ccnc5[nH]4)c3c2)c1)C1CCC1. The summed E-state index contributed by atoms with van der Waals surface area (Å²) in [5.74, 6) is -0.115. The molecular weight excluding hydrogens is 479 g/mol. The van der Waals surface area contributed by atoms with Crippen molar-refractivity contribution < 1.29 is 9.18 Å². The molecule has 1 amide bonds. The number of nitrogens with one attached hydrogen (secondary N) is 3. The molecule has 0 unspecified atom stereocenters. The molecule has 4 heterocycles. The Hall–Kier alpha value is -4.85. The van der Waals surface area contributed by atoms with E-state index in [1.165, 1.54) is 6.07 Å². The summed E-state index contributed by atoms with van der Waals surface area (Å²) in [7, 11) is 0. The lowest BCUT2D eigenvalue weighted by Gasteiger charge is -2.24. The number of carbonyl (C=O) groups is 1. The lowest BCUT2D eigenvalue weighted by atomic mass is 9.85. The minimum atomic E-state index is -0.280. The lowest BCUT2D eigenvalue weighted by Crippen LogP contribution is -2.28. The molecule has 1 fully saturated rings. The number of amides is 1. The van der Waals surface area contributed by atoms with E-state index in [-0.39, 0.29) is 17.6 Å². The molecule has 0 radical (unpaired) electrons. The molecule has 0 bridgehead atoms. The van der Waals surface area contributed by atoms with Gasteiger partial charge in [-0.15, -0.1) is 0 Å². The molecule has 186 valence electrons. The van der Waals surface area contributed by atoms with Crippen molar-refractivity contribution in [1.29, 1.82) is 0 Å². The Morgan fingerprint density at radius 3 is 2.68 bits per heavy atom. The molecule has 2 aromatic carbocycles. The number of hydrogen-bond donors (Lipinski definition) is 3. The summed E-state index contributed by atoms with van der Waals surface area (Å²) in [6.07, 6.45) is 8.14. The summed E-state index contributed by atoms with van der Waals surface area (Å²) in [6.45, 7) is 0. The highest BCUT2D eigenvalue weighted by Gasteiger charge is 2.25. The maximum absolute atomic E-state index is 14.6. The van der Waals surface area contributed by atoms with Crippen molar-refractivity contribution in [3.8, 4) is 33.6 Å². The third-order valence-corrected chi connectivity index (χ3v) is 7.33. The van der Waals surface area contributed by atoms with E-state index >= 15 is 0 Å². The van der Waals surface area contributed by atoms with Gasteiger partial charge in [-0.3, -0.25) is 14.9 Å². The average molecular weight is 503 g/mol. The Bertz CT molecular complexity index is 1830. The zero-order valence-electron chi connectivity index (χ0n) is 20.3. The molecule has 38 heavy (non-hydrogen) atoms. The van der Waals surface area contributed by atoms with Crippen LogP contribution in [0.4, 0.5) is 10.1 Å². The van der Waals surface area contributed by atoms with Crippen molar-refractivity contribution in [3.05, 3.63) is 85.1 Å². The molecule has 4 aromatic heterocycles. The second kappa shape index (κ2) is 8.92. The van der Waals surface area contributed by atoms with Gasteiger partial charge in [0.05, 0.1) is 23.1 Å². The number of benzene rings is 2. The van der Waals surface area contributed by atoms with Gasteiger partial charge in [-0.25, -0.2) is 9.37 Å². The fraction of sp³-hybridized carbons (Fsp3) is 0.133. The minimum absolute atomic E-state index is 0.0601. The number of pyridine rings is 2. The number of fused-ring (bicyclic) bond motifs is 2. The number of H-pyrrole nitrogens is 2. The van der Waals surface area contributed by atoms with Gasteiger partial charge in [-0.2, -0.15) is 5.10 Å². The molecule has 7 nitrogen and oxygen atoms in total. The highest BCUT2D eigenvalue weighted by Crippen LogP contribution is 2.35. The van der Waals surface area contributed by atoms with Crippen molar-refractivity contribution in [2.24, 2.45) is 5.92 Å². The van der Waals surface area contributed by atoms with Crippen LogP contribution in [0.5, 0.6) is 0 Å². The lowest BCUT2D eigenvalue weighted by molar-refractivity contribution is -0.122. The van der Waals surface area contributed by atoms with Crippen LogP contribution in [0.3, 0.4) is 0 Å². The molecule has 7 rings (SSSR count). The van der Waals surface area contributed by atoms with E-state index in [2.05, 4.69) is 36.5 Å². The normalized spacial score (nSPS) is 13.6. The Morgan fingerprint density at radius 1 is 0.947 bits per heavy atom. The molecule has 6 aromatic rings. The van der Waals surface area contributed by atoms with Gasteiger partial charge in [-0.1, -0.05) is 30.7 Å². The molecule has 0 spiro atoms. The van der Waals surface area contributed by atoms with E-state index in [0.717, 1.165) is 63.6 Å². The smallest absolute Gasteiger partial charge is 0.227 e. The Kier molecular flexibility index (Phi) is 5.25. The zero-order valence-corrected chi connectivity index (χ0v) is 20.3. The number of nitrogens with zero attached hydrogens (tertiary/aromatic N) is 3. The summed E-state index contributed by atoms with van der Waals surface area (Å²) in [4.78, 5) is 24.6. The predicted octanol–water partition coefficient (Wildman–Crippen LogP) is 6.71. The second-order valence-electron chi connectivity index (χ2n) is 9.70. The zero-order chi connectivity index (χ0) is 25.6. The predicted molar refractivity (Wildman–Crippen MR) is 146 cm³/mol. The Morgan fingerprint density at radius 2 is 1.84 bits per heavy atom. The number of aromatic amines is 2. The quantitative estimate of drug-likeness (QED) is 0.244. The first-order valence-corrected chi connectivity index (χ1v) is 12.6. The number of rotatable bonds is 5. The van der Waals surface area contributed by atoms with Gasteiger partial charge in [0.15, 0.2) is 0 Å². The van der Waals surface area contributed by atoms with E-state index in [4.69, 9.17) is 0 Å². The van der Waals surface area contributed by atoms with Crippen LogP contribution in [-0.2, 0) is 4.79 Å². The highest BCUT2D eigenvalue weighted by molar-refractivity contribution is 6.01. The minimum Gasteiger partial charge on any atom is -0.338 e. The molecule has 0 saturated heterocycles. The van der Waals surface area contributed by atoms with E-state index in [0.29, 0.717) is 16.9 Å². The van der Waals surface area contributed by atoms with Crippen LogP contribution < -0.4 is 5.32 Å². The Balaban J connectivity index is 1.27. The van der Waals surface area contributed by atoms with E-state index in [1.807, 2.05) is 36.4 Å². The van der Waals surface area contributed by atoms with Gasteiger partial charge in [0.25, 0.3) is 0 Å². The summed E-state index contributed by atoms with van der Waals surface area (Å²) < 4.78 is 14.6. The number of aromatic nitrogens is 5. The van der Waals surface area contributed by atoms with Crippen molar-refractivity contribution >= 4 is 33.5 Å². The van der Waals surface area contributed by atoms with Crippen LogP contribution in [0.1, 0.15) is 19.3 Å². The molecule has 0 aliphatic heterocycles. The summed E-state index contributed by atoms with van der Waals surface area (Å²) in [6, 6.07) is 18.5. The van der Waals surface area contributed by atoms with Crippen LogP contribution in [-0.4, -0.2) is 31.1 Å². The fourth-order valence-corrected chi connectivity index (χ4v) is 5.05. The van der Waals surface area contributed by atoms with Crippen LogP contribution in [0.15, 0.2) is 79.3 Å². The molecule has 1 aliphatic carbocycles. The van der Waals surface area contributed by atoms with Crippen LogP contribution in [0, 0.1) is 11.7 Å². The van der Waals surface area contributed by atoms with Crippen LogP contribution in [0.2, 0.25) is 0 Å². The van der Waals surface area contributed by atoms with Gasteiger partial charge >= 0.3 is 0 Å². The van der Waals surface area contributed by atoms with Crippen molar-refractivity contribution in [3.63, 3.8) is 0 Å². The standard InChI is InChI=1S/C30H23FN6O/c31-25-7-2-1-6-22(25)21-10-11-33-29-23(21)14-27(35-29)28-24-13-18(8-9-26(24)36-37-28)19-12-20(16-32-15-19)34-30(38)17-4-3-5-17/h1-2,6-17H,3-5H2,(H,33,35)(H,34,38)(H,36,37). The summed E-state index contributed by atoms with van der Waals surface area (Å²) >= 11 is 0. The van der Waals surface area contributed by atoms with E-state index < -0.39 is 0 Å². The number of carbonyl (C=O) groups excluding carboxylic acids is 1. The Labute approximate surface area is 217 Å². The molecule has 1 saturated carbocycles. The van der Waals surface area contributed by atoms with Gasteiger partial charge < -0.3 is 10.3 Å². The van der Waals surface area contributed by atoms with E-state index in [1.54, 1.807) is 30.7 Å². The van der Waals surface area contributed by atoms with Gasteiger partial charge in [0.2, 0.25) is 5.91 Å². The largest absolute Gasteiger partial charge is 0.338 e. The number of hydrogen-bond acceptors (Lipinski definition) is 4. The van der Waals surface area contributed by atoms with Gasteiger partial charge in [-0.05, 0) is 60.4 Å². The number of anilines is 1. The highest BCUT2D eigenvalue weighted by atomic mass is 19.1. The molecule has 1 aliphatic rings. The molecule has 0 atom stereocenters. The van der Waals surface area contributed by atoms with Gasteiger partial charge in [0, 0.05) is 40.2 Å². The van der Waals surface area contributed by atoms with E-state index in [9.17, 15) is 9.18 Å². The molecule has 3 N–H and O–H groups in total. The maximum atomic E-state index is 14.6. The summed E-state index contributed by atoms with van der Waals surface area (Å²) in [5.41, 5.74) is 6.88. The first-order chi connectivity index (χ1) is 18.6. The second-order valence-corrected chi connectivity index (χ2v) is 9.70. The van der Waals surface area contributed by atoms with Gasteiger partial charge in [0.1, 0.15) is 17.2 Å². The first kappa shape index (κ1) is 22.4. The van der Waals surface area contributed by atoms with Crippen LogP contribution >= 0.6 is 0 Å². The average Bonchev–Trinajstić information content (AvgIpc) is 3.52. The van der Waals surface area contributed by atoms with Crippen molar-refractivity contribution in [2.75, 3.05) is 5.32 Å². The first-order valence-electron chi connectivity index (χ1n) is 12.6. The van der Waals surface area contributed by atoms with Crippen molar-refractivity contribution in [2.45, 2.75) is 19.3 Å². The fourth-order valence-electron chi connectivity index (χ4n) is 5.05. The maximum Gasteiger partial charge on any atom is 0.227 e. The third kappa shape index (κ3) is 3.82.